The molecule has 176 valence electrons. The Morgan fingerprint density at radius 1 is 1.00 bits per heavy atom. The summed E-state index contributed by atoms with van der Waals surface area (Å²) in [6, 6.07) is 13.2. The van der Waals surface area contributed by atoms with E-state index in [1.807, 2.05) is 37.3 Å². The Morgan fingerprint density at radius 2 is 1.79 bits per heavy atom. The molecule has 2 heterocycles. The molecule has 0 aliphatic carbocycles. The minimum atomic E-state index is -4.46. The summed E-state index contributed by atoms with van der Waals surface area (Å²) in [5, 5.41) is 4.01. The van der Waals surface area contributed by atoms with Gasteiger partial charge in [0.1, 0.15) is 5.75 Å². The van der Waals surface area contributed by atoms with Crippen LogP contribution in [0.25, 0.3) is 10.9 Å². The van der Waals surface area contributed by atoms with E-state index in [2.05, 4.69) is 15.2 Å². The first-order valence-corrected chi connectivity index (χ1v) is 11.6. The predicted molar refractivity (Wildman–Crippen MR) is 126 cm³/mol. The Hall–Kier alpha value is -2.80. The number of aromatic nitrogens is 1. The van der Waals surface area contributed by atoms with Crippen molar-refractivity contribution in [2.24, 2.45) is 0 Å². The SMILES string of the molecule is Cc1cc(Nc2cc(OCCCCN3CCCCC3)cc(C(F)(F)F)c2)c2ccccc2n1. The summed E-state index contributed by atoms with van der Waals surface area (Å²) in [5.74, 6) is 0.223. The maximum Gasteiger partial charge on any atom is 0.416 e. The van der Waals surface area contributed by atoms with Gasteiger partial charge >= 0.3 is 6.18 Å². The number of alkyl halides is 3. The predicted octanol–water partition coefficient (Wildman–Crippen LogP) is 6.95. The summed E-state index contributed by atoms with van der Waals surface area (Å²) in [6.07, 6.45) is 1.14. The van der Waals surface area contributed by atoms with Gasteiger partial charge in [0.05, 0.1) is 17.7 Å². The molecule has 0 amide bonds. The van der Waals surface area contributed by atoms with Crippen LogP contribution in [-0.2, 0) is 6.18 Å². The van der Waals surface area contributed by atoms with Gasteiger partial charge in [0.15, 0.2) is 0 Å². The Morgan fingerprint density at radius 3 is 2.58 bits per heavy atom. The lowest BCUT2D eigenvalue weighted by Gasteiger charge is -2.26. The second-order valence-electron chi connectivity index (χ2n) is 8.66. The van der Waals surface area contributed by atoms with E-state index in [1.54, 1.807) is 6.07 Å². The standard InChI is InChI=1S/C26H30F3N3O/c1-19-15-25(23-9-3-4-10-24(23)30-19)31-21-16-20(26(27,28)29)17-22(18-21)33-14-8-7-13-32-11-5-2-6-12-32/h3-4,9-10,15-18H,2,5-8,11-14H2,1H3,(H,30,31). The second kappa shape index (κ2) is 10.4. The van der Waals surface area contributed by atoms with Crippen molar-refractivity contribution in [3.05, 3.63) is 59.8 Å². The van der Waals surface area contributed by atoms with Crippen LogP contribution in [0.3, 0.4) is 0 Å². The zero-order valence-corrected chi connectivity index (χ0v) is 18.9. The van der Waals surface area contributed by atoms with E-state index in [0.29, 0.717) is 18.0 Å². The molecule has 0 saturated carbocycles. The van der Waals surface area contributed by atoms with Crippen LogP contribution in [0.4, 0.5) is 24.5 Å². The molecule has 0 radical (unpaired) electrons. The van der Waals surface area contributed by atoms with Gasteiger partial charge in [-0.25, -0.2) is 0 Å². The van der Waals surface area contributed by atoms with E-state index in [1.165, 1.54) is 19.3 Å². The molecule has 0 atom stereocenters. The van der Waals surface area contributed by atoms with E-state index in [-0.39, 0.29) is 5.75 Å². The van der Waals surface area contributed by atoms with Gasteiger partial charge in [-0.15, -0.1) is 0 Å². The monoisotopic (exact) mass is 457 g/mol. The fourth-order valence-corrected chi connectivity index (χ4v) is 4.30. The molecule has 1 aliphatic heterocycles. The molecule has 4 nitrogen and oxygen atoms in total. The highest BCUT2D eigenvalue weighted by atomic mass is 19.4. The Labute approximate surface area is 192 Å². The summed E-state index contributed by atoms with van der Waals surface area (Å²) >= 11 is 0. The lowest BCUT2D eigenvalue weighted by atomic mass is 10.1. The van der Waals surface area contributed by atoms with Crippen molar-refractivity contribution in [1.29, 1.82) is 0 Å². The topological polar surface area (TPSA) is 37.4 Å². The van der Waals surface area contributed by atoms with Crippen molar-refractivity contribution in [2.75, 3.05) is 31.6 Å². The molecule has 7 heteroatoms. The minimum absolute atomic E-state index is 0.223. The Kier molecular flexibility index (Phi) is 7.38. The van der Waals surface area contributed by atoms with Crippen molar-refractivity contribution in [1.82, 2.24) is 9.88 Å². The Balaban J connectivity index is 1.46. The second-order valence-corrected chi connectivity index (χ2v) is 8.66. The van der Waals surface area contributed by atoms with Crippen LogP contribution < -0.4 is 10.1 Å². The van der Waals surface area contributed by atoms with Gasteiger partial charge in [-0.2, -0.15) is 13.2 Å². The van der Waals surface area contributed by atoms with E-state index < -0.39 is 11.7 Å². The first-order chi connectivity index (χ1) is 15.9. The number of hydrogen-bond acceptors (Lipinski definition) is 4. The zero-order chi connectivity index (χ0) is 23.3. The maximum atomic E-state index is 13.6. The quantitative estimate of drug-likeness (QED) is 0.372. The van der Waals surface area contributed by atoms with Crippen LogP contribution in [0.5, 0.6) is 5.75 Å². The van der Waals surface area contributed by atoms with E-state index in [0.717, 1.165) is 61.2 Å². The number of nitrogens with one attached hydrogen (secondary N) is 1. The molecule has 3 aromatic rings. The summed E-state index contributed by atoms with van der Waals surface area (Å²) in [5.41, 5.74) is 1.89. The number of nitrogens with zero attached hydrogens (tertiary/aromatic N) is 2. The molecule has 1 N–H and O–H groups in total. The van der Waals surface area contributed by atoms with Crippen LogP contribution in [-0.4, -0.2) is 36.1 Å². The van der Waals surface area contributed by atoms with Crippen molar-refractivity contribution in [2.45, 2.75) is 45.2 Å². The number of ether oxygens (including phenoxy) is 1. The van der Waals surface area contributed by atoms with Crippen molar-refractivity contribution >= 4 is 22.3 Å². The number of aryl methyl sites for hydroxylation is 1. The number of fused-ring (bicyclic) bond motifs is 1. The van der Waals surface area contributed by atoms with Crippen LogP contribution in [0.15, 0.2) is 48.5 Å². The van der Waals surface area contributed by atoms with Gasteiger partial charge in [-0.1, -0.05) is 24.6 Å². The molecule has 2 aromatic carbocycles. The van der Waals surface area contributed by atoms with Gasteiger partial charge in [-0.3, -0.25) is 4.98 Å². The van der Waals surface area contributed by atoms with Crippen LogP contribution in [0, 0.1) is 6.92 Å². The fourth-order valence-electron chi connectivity index (χ4n) is 4.30. The van der Waals surface area contributed by atoms with E-state index in [9.17, 15) is 13.2 Å². The highest BCUT2D eigenvalue weighted by Gasteiger charge is 2.31. The summed E-state index contributed by atoms with van der Waals surface area (Å²) < 4.78 is 46.4. The number of benzene rings is 2. The van der Waals surface area contributed by atoms with Crippen LogP contribution >= 0.6 is 0 Å². The molecule has 0 spiro atoms. The molecular formula is C26H30F3N3O. The molecule has 0 unspecified atom stereocenters. The summed E-state index contributed by atoms with van der Waals surface area (Å²) in [6.45, 7) is 5.57. The highest BCUT2D eigenvalue weighted by Crippen LogP contribution is 2.36. The molecule has 0 bridgehead atoms. The molecule has 1 aromatic heterocycles. The molecular weight excluding hydrogens is 427 g/mol. The number of hydrogen-bond donors (Lipinski definition) is 1. The number of piperidine rings is 1. The number of halogens is 3. The average molecular weight is 458 g/mol. The zero-order valence-electron chi connectivity index (χ0n) is 18.9. The van der Waals surface area contributed by atoms with E-state index in [4.69, 9.17) is 4.74 Å². The van der Waals surface area contributed by atoms with Crippen LogP contribution in [0.2, 0.25) is 0 Å². The smallest absolute Gasteiger partial charge is 0.416 e. The normalized spacial score (nSPS) is 15.0. The van der Waals surface area contributed by atoms with E-state index >= 15 is 0 Å². The number of unbranched alkanes of at least 4 members (excludes halogenated alkanes) is 1. The minimum Gasteiger partial charge on any atom is -0.494 e. The summed E-state index contributed by atoms with van der Waals surface area (Å²) in [4.78, 5) is 6.95. The average Bonchev–Trinajstić information content (AvgIpc) is 2.79. The molecule has 1 fully saturated rings. The first-order valence-electron chi connectivity index (χ1n) is 11.6. The van der Waals surface area contributed by atoms with Gasteiger partial charge < -0.3 is 15.0 Å². The number of rotatable bonds is 8. The Bertz CT molecular complexity index is 1080. The number of anilines is 2. The number of pyridine rings is 1. The molecule has 1 aliphatic rings. The van der Waals surface area contributed by atoms with Gasteiger partial charge in [0.2, 0.25) is 0 Å². The lowest BCUT2D eigenvalue weighted by Crippen LogP contribution is -2.30. The van der Waals surface area contributed by atoms with Crippen molar-refractivity contribution in [3.8, 4) is 5.75 Å². The molecule has 1 saturated heterocycles. The van der Waals surface area contributed by atoms with Crippen molar-refractivity contribution in [3.63, 3.8) is 0 Å². The van der Waals surface area contributed by atoms with Crippen LogP contribution in [0.1, 0.15) is 43.4 Å². The third kappa shape index (κ3) is 6.38. The third-order valence-corrected chi connectivity index (χ3v) is 5.94. The van der Waals surface area contributed by atoms with Gasteiger partial charge in [0.25, 0.3) is 0 Å². The fraction of sp³-hybridized carbons (Fsp3) is 0.423. The highest BCUT2D eigenvalue weighted by molar-refractivity contribution is 5.93. The lowest BCUT2D eigenvalue weighted by molar-refractivity contribution is -0.137. The maximum absolute atomic E-state index is 13.6. The van der Waals surface area contributed by atoms with Gasteiger partial charge in [0, 0.05) is 28.5 Å². The number of likely N-dealkylation sites (tertiary alicyclic amines) is 1. The molecule has 4 rings (SSSR count). The number of para-hydroxylation sites is 1. The first kappa shape index (κ1) is 23.4. The molecule has 33 heavy (non-hydrogen) atoms. The largest absolute Gasteiger partial charge is 0.494 e. The third-order valence-electron chi connectivity index (χ3n) is 5.94. The van der Waals surface area contributed by atoms with Crippen molar-refractivity contribution < 1.29 is 17.9 Å². The summed E-state index contributed by atoms with van der Waals surface area (Å²) in [7, 11) is 0. The van der Waals surface area contributed by atoms with Gasteiger partial charge in [-0.05, 0) is 76.5 Å².